The average molecular weight is 360 g/mol. The highest BCUT2D eigenvalue weighted by molar-refractivity contribution is 9.10. The molecule has 0 aliphatic carbocycles. The molecular weight excluding hydrogens is 351 g/mol. The zero-order valence-corrected chi connectivity index (χ0v) is 12.0. The Morgan fingerprint density at radius 3 is 2.38 bits per heavy atom. The summed E-state index contributed by atoms with van der Waals surface area (Å²) >= 11 is 3.11. The van der Waals surface area contributed by atoms with E-state index in [-0.39, 0.29) is 16.8 Å². The molecule has 7 heteroatoms. The first-order valence-corrected chi connectivity index (χ1v) is 6.49. The molecule has 0 aromatic heterocycles. The molecule has 0 spiro atoms. The molecule has 0 unspecified atom stereocenters. The largest absolute Gasteiger partial charge is 0.478 e. The van der Waals surface area contributed by atoms with Crippen LogP contribution in [0, 0.1) is 0 Å². The highest BCUT2D eigenvalue weighted by Gasteiger charge is 2.30. The molecule has 21 heavy (non-hydrogen) atoms. The first-order valence-electron chi connectivity index (χ1n) is 5.70. The zero-order chi connectivity index (χ0) is 15.8. The summed E-state index contributed by atoms with van der Waals surface area (Å²) < 4.78 is 38.4. The number of benzene rings is 2. The SMILES string of the molecule is Nc1c(Br)cc(-c2cccc(C(F)(F)F)c2)cc1C(=O)O. The van der Waals surface area contributed by atoms with Crippen LogP contribution in [0.15, 0.2) is 40.9 Å². The number of nitrogens with two attached hydrogens (primary N) is 1. The van der Waals surface area contributed by atoms with E-state index in [1.807, 2.05) is 0 Å². The first-order chi connectivity index (χ1) is 9.70. The van der Waals surface area contributed by atoms with Crippen molar-refractivity contribution in [1.29, 1.82) is 0 Å². The Hall–Kier alpha value is -2.02. The van der Waals surface area contributed by atoms with Crippen LogP contribution >= 0.6 is 15.9 Å². The summed E-state index contributed by atoms with van der Waals surface area (Å²) in [7, 11) is 0. The van der Waals surface area contributed by atoms with E-state index in [1.165, 1.54) is 24.3 Å². The molecule has 3 N–H and O–H groups in total. The van der Waals surface area contributed by atoms with Crippen molar-refractivity contribution in [2.45, 2.75) is 6.18 Å². The summed E-state index contributed by atoms with van der Waals surface area (Å²) in [6.45, 7) is 0. The maximum absolute atomic E-state index is 12.7. The van der Waals surface area contributed by atoms with Crippen LogP contribution in [0.2, 0.25) is 0 Å². The van der Waals surface area contributed by atoms with Gasteiger partial charge in [-0.2, -0.15) is 13.2 Å². The highest BCUT2D eigenvalue weighted by Crippen LogP contribution is 2.35. The third kappa shape index (κ3) is 3.18. The third-order valence-electron chi connectivity index (χ3n) is 2.88. The summed E-state index contributed by atoms with van der Waals surface area (Å²) in [4.78, 5) is 11.1. The van der Waals surface area contributed by atoms with E-state index in [0.29, 0.717) is 10.0 Å². The molecule has 0 saturated heterocycles. The van der Waals surface area contributed by atoms with E-state index in [1.54, 1.807) is 0 Å². The van der Waals surface area contributed by atoms with Crippen LogP contribution in [0.1, 0.15) is 15.9 Å². The van der Waals surface area contributed by atoms with E-state index >= 15 is 0 Å². The summed E-state index contributed by atoms with van der Waals surface area (Å²) in [5.41, 5.74) is 5.27. The molecule has 0 fully saturated rings. The predicted octanol–water partition coefficient (Wildman–Crippen LogP) is 4.42. The van der Waals surface area contributed by atoms with Gasteiger partial charge >= 0.3 is 12.1 Å². The van der Waals surface area contributed by atoms with Gasteiger partial charge in [-0.3, -0.25) is 0 Å². The number of halogens is 4. The second kappa shape index (κ2) is 5.40. The number of alkyl halides is 3. The fourth-order valence-corrected chi connectivity index (χ4v) is 2.30. The van der Waals surface area contributed by atoms with Gasteiger partial charge in [0.1, 0.15) is 0 Å². The van der Waals surface area contributed by atoms with Gasteiger partial charge in [-0.1, -0.05) is 12.1 Å². The van der Waals surface area contributed by atoms with Crippen LogP contribution in [-0.4, -0.2) is 11.1 Å². The number of carboxylic acid groups (broad SMARTS) is 1. The lowest BCUT2D eigenvalue weighted by Gasteiger charge is -2.11. The minimum atomic E-state index is -4.46. The number of carboxylic acids is 1. The number of aromatic carboxylic acids is 1. The van der Waals surface area contributed by atoms with Crippen molar-refractivity contribution < 1.29 is 23.1 Å². The maximum atomic E-state index is 12.7. The van der Waals surface area contributed by atoms with Gasteiger partial charge in [0.15, 0.2) is 0 Å². The second-order valence-corrected chi connectivity index (χ2v) is 5.16. The Morgan fingerprint density at radius 2 is 1.81 bits per heavy atom. The monoisotopic (exact) mass is 359 g/mol. The van der Waals surface area contributed by atoms with Gasteiger partial charge in [0.2, 0.25) is 0 Å². The number of anilines is 1. The third-order valence-corrected chi connectivity index (χ3v) is 3.54. The van der Waals surface area contributed by atoms with Crippen LogP contribution in [0.5, 0.6) is 0 Å². The van der Waals surface area contributed by atoms with Crippen molar-refractivity contribution in [2.75, 3.05) is 5.73 Å². The van der Waals surface area contributed by atoms with E-state index in [2.05, 4.69) is 15.9 Å². The Morgan fingerprint density at radius 1 is 1.14 bits per heavy atom. The summed E-state index contributed by atoms with van der Waals surface area (Å²) in [6, 6.07) is 7.38. The molecule has 3 nitrogen and oxygen atoms in total. The normalized spacial score (nSPS) is 11.4. The van der Waals surface area contributed by atoms with E-state index in [0.717, 1.165) is 12.1 Å². The van der Waals surface area contributed by atoms with Crippen LogP contribution in [0.25, 0.3) is 11.1 Å². The quantitative estimate of drug-likeness (QED) is 0.780. The minimum absolute atomic E-state index is 0.0261. The van der Waals surface area contributed by atoms with Gasteiger partial charge < -0.3 is 10.8 Å². The van der Waals surface area contributed by atoms with Crippen LogP contribution in [0.4, 0.5) is 18.9 Å². The van der Waals surface area contributed by atoms with Gasteiger partial charge in [0.05, 0.1) is 16.8 Å². The Kier molecular flexibility index (Phi) is 3.95. The summed E-state index contributed by atoms with van der Waals surface area (Å²) in [5.74, 6) is -1.25. The van der Waals surface area contributed by atoms with Gasteiger partial charge in [-0.15, -0.1) is 0 Å². The topological polar surface area (TPSA) is 63.3 Å². The van der Waals surface area contributed by atoms with Crippen molar-refractivity contribution in [2.24, 2.45) is 0 Å². The molecular formula is C14H9BrF3NO2. The maximum Gasteiger partial charge on any atom is 0.416 e. The molecule has 110 valence electrons. The lowest BCUT2D eigenvalue weighted by atomic mass is 10.00. The summed E-state index contributed by atoms with van der Waals surface area (Å²) in [5, 5.41) is 9.06. The van der Waals surface area contributed by atoms with Crippen molar-refractivity contribution in [3.05, 3.63) is 52.0 Å². The van der Waals surface area contributed by atoms with E-state index in [4.69, 9.17) is 10.8 Å². The van der Waals surface area contributed by atoms with Crippen molar-refractivity contribution in [1.82, 2.24) is 0 Å². The van der Waals surface area contributed by atoms with Crippen LogP contribution in [-0.2, 0) is 6.18 Å². The van der Waals surface area contributed by atoms with E-state index < -0.39 is 17.7 Å². The van der Waals surface area contributed by atoms with Gasteiger partial charge in [-0.05, 0) is 51.3 Å². The minimum Gasteiger partial charge on any atom is -0.478 e. The fourth-order valence-electron chi connectivity index (χ4n) is 1.84. The Labute approximate surface area is 126 Å². The molecule has 2 rings (SSSR count). The second-order valence-electron chi connectivity index (χ2n) is 4.30. The molecule has 0 amide bonds. The lowest BCUT2D eigenvalue weighted by Crippen LogP contribution is -2.05. The molecule has 0 saturated carbocycles. The van der Waals surface area contributed by atoms with E-state index in [9.17, 15) is 18.0 Å². The van der Waals surface area contributed by atoms with Crippen LogP contribution < -0.4 is 5.73 Å². The zero-order valence-electron chi connectivity index (χ0n) is 10.4. The van der Waals surface area contributed by atoms with Crippen LogP contribution in [0.3, 0.4) is 0 Å². The Bertz CT molecular complexity index is 714. The molecule has 0 aliphatic rings. The molecule has 2 aromatic rings. The molecule has 0 bridgehead atoms. The predicted molar refractivity (Wildman–Crippen MR) is 76.0 cm³/mol. The van der Waals surface area contributed by atoms with Gasteiger partial charge in [0.25, 0.3) is 0 Å². The van der Waals surface area contributed by atoms with Crippen molar-refractivity contribution >= 4 is 27.6 Å². The van der Waals surface area contributed by atoms with Gasteiger partial charge in [0, 0.05) is 4.47 Å². The molecule has 2 aromatic carbocycles. The standard InChI is InChI=1S/C14H9BrF3NO2/c15-11-6-8(5-10(12(11)19)13(20)21)7-2-1-3-9(4-7)14(16,17)18/h1-6H,19H2,(H,20,21). The fraction of sp³-hybridized carbons (Fsp3) is 0.0714. The van der Waals surface area contributed by atoms with Crippen molar-refractivity contribution in [3.8, 4) is 11.1 Å². The van der Waals surface area contributed by atoms with Crippen molar-refractivity contribution in [3.63, 3.8) is 0 Å². The first kappa shape index (κ1) is 15.4. The molecule has 0 aliphatic heterocycles. The van der Waals surface area contributed by atoms with Gasteiger partial charge in [-0.25, -0.2) is 4.79 Å². The smallest absolute Gasteiger partial charge is 0.416 e. The average Bonchev–Trinajstić information content (AvgIpc) is 2.40. The number of hydrogen-bond donors (Lipinski definition) is 2. The highest BCUT2D eigenvalue weighted by atomic mass is 79.9. The number of carbonyl (C=O) groups is 1. The number of rotatable bonds is 2. The molecule has 0 atom stereocenters. The molecule has 0 radical (unpaired) electrons. The molecule has 0 heterocycles. The summed E-state index contributed by atoms with van der Waals surface area (Å²) in [6.07, 6.45) is -4.46. The lowest BCUT2D eigenvalue weighted by molar-refractivity contribution is -0.137. The Balaban J connectivity index is 2.60. The number of hydrogen-bond acceptors (Lipinski definition) is 2. The number of nitrogen functional groups attached to an aromatic ring is 1.